The van der Waals surface area contributed by atoms with Crippen LogP contribution in [0.2, 0.25) is 0 Å². The Kier molecular flexibility index (Phi) is 4.11. The van der Waals surface area contributed by atoms with Gasteiger partial charge < -0.3 is 11.1 Å². The van der Waals surface area contributed by atoms with Crippen LogP contribution < -0.4 is 11.1 Å². The average molecular weight is 304 g/mol. The van der Waals surface area contributed by atoms with E-state index in [1.54, 1.807) is 0 Å². The van der Waals surface area contributed by atoms with Gasteiger partial charge in [-0.25, -0.2) is 4.39 Å². The Morgan fingerprint density at radius 3 is 2.57 bits per heavy atom. The Labute approximate surface area is 119 Å². The highest BCUT2D eigenvalue weighted by atomic mass is 19.4. The van der Waals surface area contributed by atoms with Crippen molar-refractivity contribution in [1.82, 2.24) is 0 Å². The molecule has 0 aliphatic heterocycles. The second-order valence-corrected chi connectivity index (χ2v) is 5.39. The van der Waals surface area contributed by atoms with Crippen LogP contribution in [0, 0.1) is 11.7 Å². The lowest BCUT2D eigenvalue weighted by Gasteiger charge is -2.40. The fourth-order valence-electron chi connectivity index (χ4n) is 2.77. The fourth-order valence-corrected chi connectivity index (χ4v) is 2.77. The number of nitrogens with two attached hydrogens (primary N) is 1. The topological polar surface area (TPSA) is 55.1 Å². The summed E-state index contributed by atoms with van der Waals surface area (Å²) in [4.78, 5) is 11.7. The van der Waals surface area contributed by atoms with Gasteiger partial charge in [-0.1, -0.05) is 12.1 Å². The molecule has 1 aliphatic rings. The van der Waals surface area contributed by atoms with Gasteiger partial charge in [0.1, 0.15) is 11.4 Å². The first-order valence-corrected chi connectivity index (χ1v) is 6.64. The molecule has 0 spiro atoms. The molecule has 0 bridgehead atoms. The van der Waals surface area contributed by atoms with E-state index in [-0.39, 0.29) is 24.9 Å². The van der Waals surface area contributed by atoms with E-state index >= 15 is 0 Å². The molecule has 116 valence electrons. The number of rotatable bonds is 3. The van der Waals surface area contributed by atoms with Gasteiger partial charge in [-0.05, 0) is 37.8 Å². The lowest BCUT2D eigenvalue weighted by molar-refractivity contribution is -0.186. The Morgan fingerprint density at radius 1 is 1.33 bits per heavy atom. The summed E-state index contributed by atoms with van der Waals surface area (Å²) in [6.45, 7) is 0. The Morgan fingerprint density at radius 2 is 2.00 bits per heavy atom. The third-order valence-corrected chi connectivity index (χ3v) is 3.93. The van der Waals surface area contributed by atoms with Gasteiger partial charge in [-0.3, -0.25) is 4.79 Å². The van der Waals surface area contributed by atoms with Crippen LogP contribution in [0.4, 0.5) is 23.2 Å². The van der Waals surface area contributed by atoms with Crippen LogP contribution in [0.25, 0.3) is 0 Å². The number of benzene rings is 1. The number of carbonyl (C=O) groups is 1. The van der Waals surface area contributed by atoms with Crippen molar-refractivity contribution in [2.24, 2.45) is 11.7 Å². The van der Waals surface area contributed by atoms with Crippen molar-refractivity contribution in [2.75, 3.05) is 5.32 Å². The fraction of sp³-hybridized carbons (Fsp3) is 0.500. The van der Waals surface area contributed by atoms with E-state index < -0.39 is 35.8 Å². The summed E-state index contributed by atoms with van der Waals surface area (Å²) in [6.07, 6.45) is -4.55. The van der Waals surface area contributed by atoms with Crippen molar-refractivity contribution in [1.29, 1.82) is 0 Å². The van der Waals surface area contributed by atoms with Crippen LogP contribution in [0.5, 0.6) is 0 Å². The first-order chi connectivity index (χ1) is 9.74. The number of para-hydroxylation sites is 1. The maximum Gasteiger partial charge on any atom is 0.391 e. The molecule has 2 rings (SSSR count). The standard InChI is InChI=1S/C14H16F4N2O/c15-10-5-1-2-6-11(10)20-13(12(19)21)7-3-4-9(8-13)14(16,17)18/h1-2,5-6,9,20H,3-4,7-8H2,(H2,19,21). The van der Waals surface area contributed by atoms with Gasteiger partial charge in [0.2, 0.25) is 5.91 Å². The summed E-state index contributed by atoms with van der Waals surface area (Å²) in [5.41, 5.74) is 3.73. The first-order valence-electron chi connectivity index (χ1n) is 6.64. The summed E-state index contributed by atoms with van der Waals surface area (Å²) in [6, 6.07) is 5.53. The Balaban J connectivity index is 2.29. The lowest BCUT2D eigenvalue weighted by Crippen LogP contribution is -2.55. The van der Waals surface area contributed by atoms with E-state index in [2.05, 4.69) is 5.32 Å². The van der Waals surface area contributed by atoms with Gasteiger partial charge in [-0.15, -0.1) is 0 Å². The average Bonchev–Trinajstić information content (AvgIpc) is 2.40. The van der Waals surface area contributed by atoms with Crippen molar-refractivity contribution in [3.63, 3.8) is 0 Å². The first kappa shape index (κ1) is 15.6. The zero-order valence-corrected chi connectivity index (χ0v) is 11.2. The second kappa shape index (κ2) is 5.54. The molecule has 2 unspecified atom stereocenters. The Hall–Kier alpha value is -1.79. The molecule has 1 aromatic rings. The molecule has 1 fully saturated rings. The number of halogens is 4. The summed E-state index contributed by atoms with van der Waals surface area (Å²) < 4.78 is 52.4. The molecular formula is C14H16F4N2O. The third kappa shape index (κ3) is 3.28. The number of hydrogen-bond acceptors (Lipinski definition) is 2. The van der Waals surface area contributed by atoms with Gasteiger partial charge in [0.05, 0.1) is 11.6 Å². The van der Waals surface area contributed by atoms with Gasteiger partial charge in [0.15, 0.2) is 0 Å². The van der Waals surface area contributed by atoms with Gasteiger partial charge >= 0.3 is 6.18 Å². The molecule has 1 saturated carbocycles. The summed E-state index contributed by atoms with van der Waals surface area (Å²) >= 11 is 0. The zero-order chi connectivity index (χ0) is 15.7. The van der Waals surface area contributed by atoms with Gasteiger partial charge in [0.25, 0.3) is 0 Å². The van der Waals surface area contributed by atoms with Crippen LogP contribution in [0.1, 0.15) is 25.7 Å². The van der Waals surface area contributed by atoms with Crippen molar-refractivity contribution < 1.29 is 22.4 Å². The number of anilines is 1. The smallest absolute Gasteiger partial charge is 0.369 e. The minimum absolute atomic E-state index is 0.0147. The molecule has 0 saturated heterocycles. The predicted octanol–water partition coefficient (Wildman–Crippen LogP) is 3.21. The van der Waals surface area contributed by atoms with E-state index in [0.29, 0.717) is 0 Å². The highest BCUT2D eigenvalue weighted by Crippen LogP contribution is 2.43. The van der Waals surface area contributed by atoms with E-state index in [9.17, 15) is 22.4 Å². The number of carbonyl (C=O) groups excluding carboxylic acids is 1. The van der Waals surface area contributed by atoms with Crippen molar-refractivity contribution in [3.05, 3.63) is 30.1 Å². The lowest BCUT2D eigenvalue weighted by atomic mass is 9.74. The van der Waals surface area contributed by atoms with Crippen molar-refractivity contribution in [3.8, 4) is 0 Å². The minimum atomic E-state index is -4.39. The normalized spacial score (nSPS) is 26.4. The number of nitrogens with one attached hydrogen (secondary N) is 1. The van der Waals surface area contributed by atoms with Crippen LogP contribution in [-0.4, -0.2) is 17.6 Å². The van der Waals surface area contributed by atoms with Gasteiger partial charge in [-0.2, -0.15) is 13.2 Å². The number of alkyl halides is 3. The highest BCUT2D eigenvalue weighted by Gasteiger charge is 2.50. The SMILES string of the molecule is NC(=O)C1(Nc2ccccc2F)CCCC(C(F)(F)F)C1. The summed E-state index contributed by atoms with van der Waals surface area (Å²) in [5.74, 6) is -3.13. The number of primary amides is 1. The van der Waals surface area contributed by atoms with E-state index in [0.717, 1.165) is 0 Å². The van der Waals surface area contributed by atoms with E-state index in [1.165, 1.54) is 24.3 Å². The molecule has 7 heteroatoms. The molecule has 1 amide bonds. The molecule has 0 heterocycles. The molecule has 3 N–H and O–H groups in total. The van der Waals surface area contributed by atoms with Gasteiger partial charge in [0, 0.05) is 0 Å². The molecule has 0 radical (unpaired) electrons. The predicted molar refractivity (Wildman–Crippen MR) is 70.0 cm³/mol. The molecule has 1 aliphatic carbocycles. The zero-order valence-electron chi connectivity index (χ0n) is 11.2. The number of hydrogen-bond donors (Lipinski definition) is 2. The molecule has 3 nitrogen and oxygen atoms in total. The minimum Gasteiger partial charge on any atom is -0.369 e. The van der Waals surface area contributed by atoms with E-state index in [4.69, 9.17) is 5.73 Å². The maximum absolute atomic E-state index is 13.7. The van der Waals surface area contributed by atoms with Crippen LogP contribution in [0.15, 0.2) is 24.3 Å². The third-order valence-electron chi connectivity index (χ3n) is 3.93. The molecule has 0 aromatic heterocycles. The molecule has 21 heavy (non-hydrogen) atoms. The number of amides is 1. The molecule has 1 aromatic carbocycles. The summed E-state index contributed by atoms with van der Waals surface area (Å²) in [5, 5.41) is 2.61. The molecule has 2 atom stereocenters. The van der Waals surface area contributed by atoms with Crippen LogP contribution >= 0.6 is 0 Å². The largest absolute Gasteiger partial charge is 0.391 e. The Bertz CT molecular complexity index is 532. The van der Waals surface area contributed by atoms with Crippen molar-refractivity contribution in [2.45, 2.75) is 37.4 Å². The van der Waals surface area contributed by atoms with Crippen molar-refractivity contribution >= 4 is 11.6 Å². The van der Waals surface area contributed by atoms with Crippen LogP contribution in [-0.2, 0) is 4.79 Å². The van der Waals surface area contributed by atoms with E-state index in [1.807, 2.05) is 0 Å². The quantitative estimate of drug-likeness (QED) is 0.843. The maximum atomic E-state index is 13.7. The molecular weight excluding hydrogens is 288 g/mol. The summed E-state index contributed by atoms with van der Waals surface area (Å²) in [7, 11) is 0. The highest BCUT2D eigenvalue weighted by molar-refractivity contribution is 5.88. The monoisotopic (exact) mass is 304 g/mol. The second-order valence-electron chi connectivity index (χ2n) is 5.39. The van der Waals surface area contributed by atoms with Crippen LogP contribution in [0.3, 0.4) is 0 Å².